The fourth-order valence-electron chi connectivity index (χ4n) is 4.81. The number of amides is 1. The van der Waals surface area contributed by atoms with Crippen molar-refractivity contribution in [1.82, 2.24) is 4.90 Å². The van der Waals surface area contributed by atoms with E-state index < -0.39 is 29.3 Å². The fourth-order valence-corrected chi connectivity index (χ4v) is 4.81. The first-order valence-electron chi connectivity index (χ1n) is 12.6. The first-order chi connectivity index (χ1) is 18.2. The van der Waals surface area contributed by atoms with Crippen molar-refractivity contribution in [3.05, 3.63) is 58.9 Å². The lowest BCUT2D eigenvalue weighted by Crippen LogP contribution is -3.14. The van der Waals surface area contributed by atoms with Gasteiger partial charge in [0.2, 0.25) is 5.78 Å². The number of carbonyl (C=O) groups is 2. The second-order valence-electron chi connectivity index (χ2n) is 9.51. The molecule has 204 valence electrons. The Labute approximate surface area is 221 Å². The molecule has 4 rings (SSSR count). The van der Waals surface area contributed by atoms with Crippen LogP contribution in [0.15, 0.2) is 42.0 Å². The van der Waals surface area contributed by atoms with E-state index in [0.717, 1.165) is 19.2 Å². The van der Waals surface area contributed by atoms with E-state index in [4.69, 9.17) is 18.9 Å². The first-order valence-corrected chi connectivity index (χ1v) is 12.6. The van der Waals surface area contributed by atoms with Gasteiger partial charge in [0.05, 0.1) is 52.7 Å². The summed E-state index contributed by atoms with van der Waals surface area (Å²) >= 11 is 0. The number of Topliss-reactive ketones (excluding diaryl/α,β-unsaturated/α-hetero) is 1. The summed E-state index contributed by atoms with van der Waals surface area (Å²) in [4.78, 5) is 29.2. The van der Waals surface area contributed by atoms with Crippen LogP contribution in [0.2, 0.25) is 0 Å². The van der Waals surface area contributed by atoms with Crippen LogP contribution in [0.4, 0.5) is 4.39 Å². The Balaban J connectivity index is 1.77. The highest BCUT2D eigenvalue weighted by molar-refractivity contribution is 6.46. The minimum absolute atomic E-state index is 0.00179. The highest BCUT2D eigenvalue weighted by Gasteiger charge is 2.44. The predicted molar refractivity (Wildman–Crippen MR) is 134 cm³/mol. The van der Waals surface area contributed by atoms with Gasteiger partial charge in [-0.1, -0.05) is 17.9 Å². The molecule has 0 bridgehead atoms. The molecular weight excluding hydrogens is 495 g/mol. The zero-order chi connectivity index (χ0) is 27.4. The van der Waals surface area contributed by atoms with Gasteiger partial charge in [0, 0.05) is 5.57 Å². The van der Waals surface area contributed by atoms with Gasteiger partial charge in [0.25, 0.3) is 5.91 Å². The molecule has 1 atom stereocenters. The average molecular weight is 529 g/mol. The number of methoxy groups -OCH3 is 2. The number of hydrogen-bond donors (Lipinski definition) is 1. The van der Waals surface area contributed by atoms with Gasteiger partial charge in [-0.3, -0.25) is 9.59 Å². The van der Waals surface area contributed by atoms with E-state index in [1.165, 1.54) is 36.2 Å². The Morgan fingerprint density at radius 1 is 1.08 bits per heavy atom. The van der Waals surface area contributed by atoms with Crippen molar-refractivity contribution >= 4 is 17.4 Å². The molecule has 0 saturated carbocycles. The van der Waals surface area contributed by atoms with Gasteiger partial charge in [-0.15, -0.1) is 0 Å². The summed E-state index contributed by atoms with van der Waals surface area (Å²) in [5.74, 6) is -2.23. The number of halogens is 1. The van der Waals surface area contributed by atoms with Gasteiger partial charge in [-0.25, -0.2) is 4.39 Å². The Bertz CT molecular complexity index is 1220. The smallest absolute Gasteiger partial charge is 0.295 e. The highest BCUT2D eigenvalue weighted by atomic mass is 19.1. The molecule has 2 aliphatic rings. The zero-order valence-electron chi connectivity index (χ0n) is 22.0. The maximum absolute atomic E-state index is 14.7. The van der Waals surface area contributed by atoms with Gasteiger partial charge in [0.15, 0.2) is 23.1 Å². The van der Waals surface area contributed by atoms with Crippen molar-refractivity contribution in [2.75, 3.05) is 53.6 Å². The number of ether oxygens (including phenoxy) is 4. The quantitative estimate of drug-likeness (QED) is 0.292. The van der Waals surface area contributed by atoms with Crippen LogP contribution < -0.4 is 24.2 Å². The van der Waals surface area contributed by atoms with Crippen molar-refractivity contribution in [2.24, 2.45) is 0 Å². The normalized spacial score (nSPS) is 19.7. The Hall–Kier alpha value is -3.63. The molecule has 2 aliphatic heterocycles. The summed E-state index contributed by atoms with van der Waals surface area (Å²) < 4.78 is 36.4. The summed E-state index contributed by atoms with van der Waals surface area (Å²) in [6.45, 7) is 7.19. The molecule has 0 radical (unpaired) electrons. The van der Waals surface area contributed by atoms with Crippen molar-refractivity contribution < 1.29 is 42.9 Å². The SMILES string of the molecule is COc1ccc(C2/C(=C(\[O-])c3ccc(OC(C)C)c(F)c3)C(=O)C(=O)N2CC[NH+]2CCOCC2)cc1OC. The minimum Gasteiger partial charge on any atom is -0.872 e. The van der Waals surface area contributed by atoms with Crippen LogP contribution >= 0.6 is 0 Å². The summed E-state index contributed by atoms with van der Waals surface area (Å²) in [6, 6.07) is 7.84. The molecule has 0 aromatic heterocycles. The number of nitrogens with zero attached hydrogens (tertiary/aromatic N) is 1. The largest absolute Gasteiger partial charge is 0.872 e. The molecule has 38 heavy (non-hydrogen) atoms. The molecule has 1 N–H and O–H groups in total. The molecule has 9 nitrogen and oxygen atoms in total. The first kappa shape index (κ1) is 27.4. The third-order valence-electron chi connectivity index (χ3n) is 6.72. The molecule has 0 spiro atoms. The van der Waals surface area contributed by atoms with Gasteiger partial charge in [-0.2, -0.15) is 0 Å². The van der Waals surface area contributed by atoms with Crippen LogP contribution in [-0.4, -0.2) is 76.3 Å². The average Bonchev–Trinajstić information content (AvgIpc) is 3.17. The van der Waals surface area contributed by atoms with Crippen molar-refractivity contribution in [1.29, 1.82) is 0 Å². The van der Waals surface area contributed by atoms with Crippen LogP contribution in [0.25, 0.3) is 5.76 Å². The third-order valence-corrected chi connectivity index (χ3v) is 6.72. The minimum atomic E-state index is -0.961. The molecule has 2 aromatic rings. The van der Waals surface area contributed by atoms with Gasteiger partial charge in [-0.05, 0) is 49.2 Å². The van der Waals surface area contributed by atoms with Crippen LogP contribution in [0.3, 0.4) is 0 Å². The van der Waals surface area contributed by atoms with Gasteiger partial charge < -0.3 is 33.9 Å². The standard InChI is InChI=1S/C28H33FN2O7/c1-17(2)38-21-7-6-19(15-20(21)29)26(32)24-25(18-5-8-22(35-3)23(16-18)36-4)31(28(34)27(24)33)10-9-30-11-13-37-14-12-30/h5-8,15-17,25,32H,9-14H2,1-4H3/b26-24+. The number of morpholine rings is 1. The van der Waals surface area contributed by atoms with E-state index in [9.17, 15) is 19.1 Å². The number of ketones is 1. The van der Waals surface area contributed by atoms with Crippen molar-refractivity contribution in [3.8, 4) is 17.2 Å². The van der Waals surface area contributed by atoms with E-state index >= 15 is 0 Å². The summed E-state index contributed by atoms with van der Waals surface area (Å²) in [7, 11) is 2.98. The van der Waals surface area contributed by atoms with E-state index in [-0.39, 0.29) is 29.5 Å². The van der Waals surface area contributed by atoms with Crippen molar-refractivity contribution in [2.45, 2.75) is 26.0 Å². The molecular formula is C28H33FN2O7. The highest BCUT2D eigenvalue weighted by Crippen LogP contribution is 2.41. The molecule has 1 unspecified atom stereocenters. The monoisotopic (exact) mass is 528 g/mol. The zero-order valence-corrected chi connectivity index (χ0v) is 22.0. The van der Waals surface area contributed by atoms with Crippen LogP contribution in [0.5, 0.6) is 17.2 Å². The topological polar surface area (TPSA) is 102 Å². The Morgan fingerprint density at radius 2 is 1.76 bits per heavy atom. The number of nitrogens with one attached hydrogen (secondary N) is 1. The Kier molecular flexibility index (Phi) is 8.53. The van der Waals surface area contributed by atoms with Crippen LogP contribution in [0.1, 0.15) is 31.0 Å². The fraction of sp³-hybridized carbons (Fsp3) is 0.429. The Morgan fingerprint density at radius 3 is 2.39 bits per heavy atom. The number of quaternary nitrogens is 1. The molecule has 2 aromatic carbocycles. The van der Waals surface area contributed by atoms with Gasteiger partial charge in [0.1, 0.15) is 13.1 Å². The van der Waals surface area contributed by atoms with Crippen molar-refractivity contribution in [3.63, 3.8) is 0 Å². The van der Waals surface area contributed by atoms with E-state index in [1.807, 2.05) is 0 Å². The lowest BCUT2D eigenvalue weighted by Gasteiger charge is -2.30. The second kappa shape index (κ2) is 11.8. The molecule has 0 aliphatic carbocycles. The maximum atomic E-state index is 14.7. The van der Waals surface area contributed by atoms with E-state index in [2.05, 4.69) is 0 Å². The summed E-state index contributed by atoms with van der Waals surface area (Å²) in [5.41, 5.74) is 0.249. The predicted octanol–water partition coefficient (Wildman–Crippen LogP) is 0.769. The summed E-state index contributed by atoms with van der Waals surface area (Å²) in [6.07, 6.45) is -0.258. The number of likely N-dealkylation sites (tertiary alicyclic amines) is 1. The number of rotatable bonds is 9. The molecule has 1 amide bonds. The number of carbonyl (C=O) groups excluding carboxylic acids is 2. The lowest BCUT2D eigenvalue weighted by atomic mass is 9.95. The lowest BCUT2D eigenvalue weighted by molar-refractivity contribution is -0.907. The molecule has 2 saturated heterocycles. The molecule has 2 fully saturated rings. The van der Waals surface area contributed by atoms with E-state index in [0.29, 0.717) is 36.8 Å². The van der Waals surface area contributed by atoms with E-state index in [1.54, 1.807) is 32.0 Å². The van der Waals surface area contributed by atoms with Crippen LogP contribution in [-0.2, 0) is 14.3 Å². The molecule has 2 heterocycles. The molecule has 10 heteroatoms. The van der Waals surface area contributed by atoms with Gasteiger partial charge >= 0.3 is 0 Å². The summed E-state index contributed by atoms with van der Waals surface area (Å²) in [5, 5.41) is 13.7. The van der Waals surface area contributed by atoms with Crippen LogP contribution in [0, 0.1) is 5.82 Å². The third kappa shape index (κ3) is 5.61. The maximum Gasteiger partial charge on any atom is 0.295 e. The number of benzene rings is 2. The second-order valence-corrected chi connectivity index (χ2v) is 9.51. The number of hydrogen-bond acceptors (Lipinski definition) is 7.